The zero-order chi connectivity index (χ0) is 27.4. The second-order valence-corrected chi connectivity index (χ2v) is 10.8. The van der Waals surface area contributed by atoms with Gasteiger partial charge in [0.15, 0.2) is 0 Å². The summed E-state index contributed by atoms with van der Waals surface area (Å²) < 4.78 is 73.7. The molecule has 3 rings (SSSR count). The summed E-state index contributed by atoms with van der Waals surface area (Å²) in [5, 5.41) is 2.04. The van der Waals surface area contributed by atoms with Crippen LogP contribution in [0.1, 0.15) is 23.6 Å². The number of nitrogens with one attached hydrogen (secondary N) is 1. The first-order valence-corrected chi connectivity index (χ1v) is 13.0. The van der Waals surface area contributed by atoms with Crippen LogP contribution in [0, 0.1) is 13.8 Å². The zero-order valence-corrected chi connectivity index (χ0v) is 21.9. The maximum absolute atomic E-state index is 13.5. The van der Waals surface area contributed by atoms with E-state index in [0.717, 1.165) is 23.3 Å². The van der Waals surface area contributed by atoms with Crippen molar-refractivity contribution in [2.75, 3.05) is 17.5 Å². The summed E-state index contributed by atoms with van der Waals surface area (Å²) in [4.78, 5) is 12.7. The minimum atomic E-state index is -4.82. The molecule has 198 valence electrons. The van der Waals surface area contributed by atoms with Gasteiger partial charge in [-0.3, -0.25) is 9.10 Å². The van der Waals surface area contributed by atoms with Crippen LogP contribution in [-0.4, -0.2) is 33.5 Å². The molecule has 0 bridgehead atoms. The third-order valence-corrected chi connectivity index (χ3v) is 7.49. The molecule has 0 aliphatic carbocycles. The fourth-order valence-electron chi connectivity index (χ4n) is 3.39. The van der Waals surface area contributed by atoms with Gasteiger partial charge in [0, 0.05) is 0 Å². The van der Waals surface area contributed by atoms with Crippen molar-refractivity contribution >= 4 is 33.2 Å². The van der Waals surface area contributed by atoms with Crippen molar-refractivity contribution in [3.05, 3.63) is 88.4 Å². The molecule has 1 unspecified atom stereocenters. The number of carbonyl (C=O) groups excluding carboxylic acids is 1. The van der Waals surface area contributed by atoms with Crippen molar-refractivity contribution in [3.8, 4) is 5.75 Å². The fourth-order valence-corrected chi connectivity index (χ4v) is 5.02. The second kappa shape index (κ2) is 11.4. The topological polar surface area (TPSA) is 75.7 Å². The number of benzene rings is 3. The molecule has 0 saturated carbocycles. The summed E-state index contributed by atoms with van der Waals surface area (Å²) in [5.41, 5.74) is 0.281. The number of carbonyl (C=O) groups is 1. The SMILES string of the molecule is Cc1ccc(OCC(C)NC(=O)CN(c2ccc(Cl)c(C(F)(F)F)c2)S(=O)(=O)c2ccc(C)cc2)cc1. The average Bonchev–Trinajstić information content (AvgIpc) is 2.82. The van der Waals surface area contributed by atoms with Crippen molar-refractivity contribution in [2.24, 2.45) is 0 Å². The van der Waals surface area contributed by atoms with E-state index >= 15 is 0 Å². The van der Waals surface area contributed by atoms with Gasteiger partial charge in [0.1, 0.15) is 18.9 Å². The van der Waals surface area contributed by atoms with Crippen LogP contribution in [0.3, 0.4) is 0 Å². The van der Waals surface area contributed by atoms with Gasteiger partial charge in [0.05, 0.1) is 27.2 Å². The molecular weight excluding hydrogens is 529 g/mol. The molecule has 0 heterocycles. The zero-order valence-electron chi connectivity index (χ0n) is 20.3. The number of hydrogen-bond acceptors (Lipinski definition) is 4. The maximum atomic E-state index is 13.5. The van der Waals surface area contributed by atoms with Crippen LogP contribution < -0.4 is 14.4 Å². The summed E-state index contributed by atoms with van der Waals surface area (Å²) in [6.07, 6.45) is -4.82. The predicted molar refractivity (Wildman–Crippen MR) is 136 cm³/mol. The lowest BCUT2D eigenvalue weighted by Crippen LogP contribution is -2.45. The Kier molecular flexibility index (Phi) is 8.76. The average molecular weight is 555 g/mol. The molecule has 1 N–H and O–H groups in total. The molecule has 3 aromatic carbocycles. The number of ether oxygens (including phenoxy) is 1. The van der Waals surface area contributed by atoms with E-state index in [0.29, 0.717) is 16.1 Å². The van der Waals surface area contributed by atoms with Crippen LogP contribution in [0.2, 0.25) is 5.02 Å². The molecule has 0 aliphatic heterocycles. The third kappa shape index (κ3) is 7.39. The molecule has 0 aromatic heterocycles. The first-order valence-electron chi connectivity index (χ1n) is 11.2. The molecule has 0 spiro atoms. The Bertz CT molecular complexity index is 1350. The highest BCUT2D eigenvalue weighted by atomic mass is 35.5. The summed E-state index contributed by atoms with van der Waals surface area (Å²) >= 11 is 5.72. The Morgan fingerprint density at radius 1 is 1.00 bits per heavy atom. The lowest BCUT2D eigenvalue weighted by molar-refractivity contribution is -0.137. The minimum Gasteiger partial charge on any atom is -0.491 e. The molecule has 0 aliphatic rings. The van der Waals surface area contributed by atoms with Crippen molar-refractivity contribution in [1.29, 1.82) is 0 Å². The van der Waals surface area contributed by atoms with Gasteiger partial charge in [0.25, 0.3) is 10.0 Å². The molecule has 6 nitrogen and oxygen atoms in total. The molecule has 1 amide bonds. The predicted octanol–water partition coefficient (Wildman–Crippen LogP) is 5.75. The molecule has 1 atom stereocenters. The summed E-state index contributed by atoms with van der Waals surface area (Å²) in [6, 6.07) is 15.2. The lowest BCUT2D eigenvalue weighted by Gasteiger charge is -2.26. The first kappa shape index (κ1) is 28.3. The van der Waals surface area contributed by atoms with Gasteiger partial charge in [-0.1, -0.05) is 47.0 Å². The number of hydrogen-bond donors (Lipinski definition) is 1. The molecule has 0 saturated heterocycles. The van der Waals surface area contributed by atoms with Crippen LogP contribution in [0.25, 0.3) is 0 Å². The number of nitrogens with zero attached hydrogens (tertiary/aromatic N) is 1. The van der Waals surface area contributed by atoms with E-state index in [-0.39, 0.29) is 17.2 Å². The quantitative estimate of drug-likeness (QED) is 0.365. The molecule has 0 fully saturated rings. The number of sulfonamides is 1. The standard InChI is InChI=1S/C26H26ClF3N2O4S/c1-17-4-9-21(10-5-17)36-16-19(3)31-25(33)15-32(37(34,35)22-11-6-18(2)7-12-22)20-8-13-24(27)23(14-20)26(28,29)30/h4-14,19H,15-16H2,1-3H3,(H,31,33). The molecule has 3 aromatic rings. The van der Waals surface area contributed by atoms with E-state index < -0.39 is 45.3 Å². The maximum Gasteiger partial charge on any atom is 0.417 e. The highest BCUT2D eigenvalue weighted by molar-refractivity contribution is 7.92. The number of alkyl halides is 3. The van der Waals surface area contributed by atoms with E-state index in [2.05, 4.69) is 5.32 Å². The van der Waals surface area contributed by atoms with E-state index in [9.17, 15) is 26.4 Å². The van der Waals surface area contributed by atoms with Gasteiger partial charge in [-0.2, -0.15) is 13.2 Å². The van der Waals surface area contributed by atoms with E-state index in [1.807, 2.05) is 19.1 Å². The van der Waals surface area contributed by atoms with Gasteiger partial charge in [-0.25, -0.2) is 8.42 Å². The number of aryl methyl sites for hydroxylation is 2. The summed E-state index contributed by atoms with van der Waals surface area (Å²) in [7, 11) is -4.41. The highest BCUT2D eigenvalue weighted by Crippen LogP contribution is 2.38. The Labute approximate surface area is 219 Å². The van der Waals surface area contributed by atoms with Crippen molar-refractivity contribution < 1.29 is 31.1 Å². The monoisotopic (exact) mass is 554 g/mol. The van der Waals surface area contributed by atoms with Crippen LogP contribution >= 0.6 is 11.6 Å². The summed E-state index contributed by atoms with van der Waals surface area (Å²) in [5.74, 6) is -0.129. The van der Waals surface area contributed by atoms with Crippen molar-refractivity contribution in [1.82, 2.24) is 5.32 Å². The van der Waals surface area contributed by atoms with Gasteiger partial charge >= 0.3 is 6.18 Å². The minimum absolute atomic E-state index is 0.0959. The van der Waals surface area contributed by atoms with Crippen LogP contribution in [0.4, 0.5) is 18.9 Å². The van der Waals surface area contributed by atoms with E-state index in [4.69, 9.17) is 16.3 Å². The Balaban J connectivity index is 1.86. The van der Waals surface area contributed by atoms with Gasteiger partial charge in [-0.05, 0) is 63.2 Å². The Hall–Kier alpha value is -3.24. The molecule has 0 radical (unpaired) electrons. The van der Waals surface area contributed by atoms with Gasteiger partial charge in [-0.15, -0.1) is 0 Å². The number of anilines is 1. The number of halogens is 4. The van der Waals surface area contributed by atoms with E-state index in [1.165, 1.54) is 12.1 Å². The molecular formula is C26H26ClF3N2O4S. The highest BCUT2D eigenvalue weighted by Gasteiger charge is 2.35. The second-order valence-electron chi connectivity index (χ2n) is 8.58. The Morgan fingerprint density at radius 2 is 1.57 bits per heavy atom. The van der Waals surface area contributed by atoms with Gasteiger partial charge < -0.3 is 10.1 Å². The number of rotatable bonds is 9. The lowest BCUT2D eigenvalue weighted by atomic mass is 10.2. The van der Waals surface area contributed by atoms with Crippen LogP contribution in [0.15, 0.2) is 71.6 Å². The third-order valence-electron chi connectivity index (χ3n) is 5.37. The van der Waals surface area contributed by atoms with E-state index in [1.54, 1.807) is 38.1 Å². The Morgan fingerprint density at radius 3 is 2.14 bits per heavy atom. The number of amides is 1. The largest absolute Gasteiger partial charge is 0.491 e. The fraction of sp³-hybridized carbons (Fsp3) is 0.269. The van der Waals surface area contributed by atoms with Crippen molar-refractivity contribution in [3.63, 3.8) is 0 Å². The summed E-state index contributed by atoms with van der Waals surface area (Å²) in [6.45, 7) is 4.69. The van der Waals surface area contributed by atoms with Crippen LogP contribution in [0.5, 0.6) is 5.75 Å². The normalized spacial score (nSPS) is 12.6. The van der Waals surface area contributed by atoms with Crippen LogP contribution in [-0.2, 0) is 21.0 Å². The molecule has 37 heavy (non-hydrogen) atoms. The molecule has 11 heteroatoms. The first-order chi connectivity index (χ1) is 17.3. The van der Waals surface area contributed by atoms with Gasteiger partial charge in [0.2, 0.25) is 5.91 Å². The smallest absolute Gasteiger partial charge is 0.417 e. The van der Waals surface area contributed by atoms with Crippen molar-refractivity contribution in [2.45, 2.75) is 37.9 Å².